The number of rotatable bonds is 4. The van der Waals surface area contributed by atoms with E-state index in [-0.39, 0.29) is 36.8 Å². The van der Waals surface area contributed by atoms with Gasteiger partial charge < -0.3 is 20.3 Å². The van der Waals surface area contributed by atoms with E-state index in [9.17, 15) is 4.79 Å². The topological polar surface area (TPSA) is 53.6 Å². The van der Waals surface area contributed by atoms with Crippen molar-refractivity contribution in [2.45, 2.75) is 25.3 Å². The first-order valence-corrected chi connectivity index (χ1v) is 7.77. The summed E-state index contributed by atoms with van der Waals surface area (Å²) in [6.45, 7) is 4.39. The molecule has 2 fully saturated rings. The summed E-state index contributed by atoms with van der Waals surface area (Å²) in [5, 5.41) is 6.29. The summed E-state index contributed by atoms with van der Waals surface area (Å²) in [5.41, 5.74) is 2.07. The van der Waals surface area contributed by atoms with Gasteiger partial charge in [0.05, 0.1) is 13.2 Å². The molecule has 1 aromatic rings. The summed E-state index contributed by atoms with van der Waals surface area (Å²) in [4.78, 5) is 14.5. The Labute approximate surface area is 150 Å². The third kappa shape index (κ3) is 5.84. The highest BCUT2D eigenvalue weighted by atomic mass is 35.5. The van der Waals surface area contributed by atoms with Crippen LogP contribution in [0.2, 0.25) is 0 Å². The quantitative estimate of drug-likeness (QED) is 0.864. The second-order valence-electron chi connectivity index (χ2n) is 5.72. The molecule has 2 heterocycles. The Morgan fingerprint density at radius 3 is 2.78 bits per heavy atom. The first kappa shape index (κ1) is 20.0. The maximum atomic E-state index is 12.1. The molecule has 0 spiro atoms. The molecule has 1 atom stereocenters. The highest BCUT2D eigenvalue weighted by Gasteiger charge is 2.17. The van der Waals surface area contributed by atoms with Crippen molar-refractivity contribution < 1.29 is 9.53 Å². The number of benzene rings is 1. The van der Waals surface area contributed by atoms with E-state index in [1.54, 1.807) is 0 Å². The number of carbonyl (C=O) groups is 1. The van der Waals surface area contributed by atoms with E-state index >= 15 is 0 Å². The molecular weight excluding hydrogens is 337 g/mol. The molecule has 1 aromatic carbocycles. The monoisotopic (exact) mass is 361 g/mol. The van der Waals surface area contributed by atoms with Crippen LogP contribution in [0.1, 0.15) is 19.3 Å². The van der Waals surface area contributed by atoms with Gasteiger partial charge in [0.15, 0.2) is 0 Å². The van der Waals surface area contributed by atoms with Crippen molar-refractivity contribution in [2.24, 2.45) is 0 Å². The van der Waals surface area contributed by atoms with Gasteiger partial charge in [-0.2, -0.15) is 0 Å². The molecule has 0 radical (unpaired) electrons. The first-order valence-electron chi connectivity index (χ1n) is 7.77. The third-order valence-corrected chi connectivity index (χ3v) is 4.03. The zero-order valence-electron chi connectivity index (χ0n) is 13.1. The van der Waals surface area contributed by atoms with Crippen LogP contribution in [-0.2, 0) is 9.53 Å². The van der Waals surface area contributed by atoms with Gasteiger partial charge >= 0.3 is 0 Å². The van der Waals surface area contributed by atoms with Gasteiger partial charge in [0.2, 0.25) is 5.91 Å². The van der Waals surface area contributed by atoms with Crippen molar-refractivity contribution >= 4 is 42.1 Å². The lowest BCUT2D eigenvalue weighted by Crippen LogP contribution is -2.43. The summed E-state index contributed by atoms with van der Waals surface area (Å²) < 4.78 is 5.37. The molecule has 2 aliphatic rings. The molecule has 23 heavy (non-hydrogen) atoms. The van der Waals surface area contributed by atoms with Crippen molar-refractivity contribution in [1.29, 1.82) is 0 Å². The van der Waals surface area contributed by atoms with Crippen LogP contribution in [0.15, 0.2) is 24.3 Å². The number of nitrogens with zero attached hydrogens (tertiary/aromatic N) is 1. The Morgan fingerprint density at radius 2 is 2.09 bits per heavy atom. The molecule has 1 amide bonds. The maximum Gasteiger partial charge on any atom is 0.226 e. The van der Waals surface area contributed by atoms with Gasteiger partial charge in [-0.25, -0.2) is 0 Å². The fourth-order valence-corrected chi connectivity index (χ4v) is 2.94. The van der Waals surface area contributed by atoms with E-state index in [1.807, 2.05) is 12.1 Å². The number of morpholine rings is 1. The number of hydrogen-bond donors (Lipinski definition) is 2. The van der Waals surface area contributed by atoms with E-state index in [4.69, 9.17) is 4.74 Å². The van der Waals surface area contributed by atoms with Gasteiger partial charge in [-0.05, 0) is 31.0 Å². The predicted octanol–water partition coefficient (Wildman–Crippen LogP) is 2.45. The zero-order valence-corrected chi connectivity index (χ0v) is 14.8. The number of nitrogens with one attached hydrogen (secondary N) is 2. The summed E-state index contributed by atoms with van der Waals surface area (Å²) >= 11 is 0. The number of amides is 1. The van der Waals surface area contributed by atoms with Crippen LogP contribution < -0.4 is 15.5 Å². The van der Waals surface area contributed by atoms with Gasteiger partial charge in [0.1, 0.15) is 0 Å². The van der Waals surface area contributed by atoms with Crippen molar-refractivity contribution in [2.75, 3.05) is 43.1 Å². The third-order valence-electron chi connectivity index (χ3n) is 4.03. The van der Waals surface area contributed by atoms with Crippen LogP contribution in [0.5, 0.6) is 0 Å². The minimum absolute atomic E-state index is 0. The predicted molar refractivity (Wildman–Crippen MR) is 98.2 cm³/mol. The lowest BCUT2D eigenvalue weighted by molar-refractivity contribution is -0.117. The lowest BCUT2D eigenvalue weighted by Gasteiger charge is -2.23. The van der Waals surface area contributed by atoms with Gasteiger partial charge in [-0.3, -0.25) is 4.79 Å². The zero-order chi connectivity index (χ0) is 14.5. The van der Waals surface area contributed by atoms with Crippen LogP contribution >= 0.6 is 24.8 Å². The normalized spacial score (nSPS) is 20.3. The number of carbonyl (C=O) groups excluding carboxylic acids is 1. The molecule has 5 nitrogen and oxygen atoms in total. The largest absolute Gasteiger partial charge is 0.378 e. The Hall–Kier alpha value is -1.01. The molecular formula is C16H25Cl2N3O2. The molecule has 3 rings (SSSR count). The van der Waals surface area contributed by atoms with Gasteiger partial charge in [-0.1, -0.05) is 6.07 Å². The molecule has 0 saturated carbocycles. The SMILES string of the molecule is Cl.Cl.O=C(CC1COCCN1)Nc1cccc(N2CCCC2)c1. The minimum Gasteiger partial charge on any atom is -0.378 e. The first-order chi connectivity index (χ1) is 10.3. The molecule has 0 aliphatic carbocycles. The highest BCUT2D eigenvalue weighted by molar-refractivity contribution is 5.91. The number of halogens is 2. The average molecular weight is 362 g/mol. The van der Waals surface area contributed by atoms with Crippen LogP contribution in [0.3, 0.4) is 0 Å². The van der Waals surface area contributed by atoms with E-state index in [2.05, 4.69) is 27.7 Å². The molecule has 130 valence electrons. The summed E-state index contributed by atoms with van der Waals surface area (Å²) in [6.07, 6.45) is 2.96. The summed E-state index contributed by atoms with van der Waals surface area (Å²) in [6, 6.07) is 8.25. The van der Waals surface area contributed by atoms with E-state index in [0.717, 1.165) is 31.9 Å². The van der Waals surface area contributed by atoms with E-state index in [1.165, 1.54) is 18.5 Å². The summed E-state index contributed by atoms with van der Waals surface area (Å²) in [5.74, 6) is 0.0385. The lowest BCUT2D eigenvalue weighted by atomic mass is 10.2. The van der Waals surface area contributed by atoms with Crippen molar-refractivity contribution in [3.63, 3.8) is 0 Å². The van der Waals surface area contributed by atoms with Crippen molar-refractivity contribution in [3.05, 3.63) is 24.3 Å². The van der Waals surface area contributed by atoms with Crippen molar-refractivity contribution in [3.8, 4) is 0 Å². The minimum atomic E-state index is 0. The Bertz CT molecular complexity index is 490. The Balaban J connectivity index is 0.00000132. The van der Waals surface area contributed by atoms with Crippen LogP contribution in [0, 0.1) is 0 Å². The van der Waals surface area contributed by atoms with Crippen LogP contribution in [0.25, 0.3) is 0 Å². The second kappa shape index (κ2) is 9.98. The molecule has 0 bridgehead atoms. The molecule has 2 N–H and O–H groups in total. The fourth-order valence-electron chi connectivity index (χ4n) is 2.94. The molecule has 7 heteroatoms. The molecule has 2 saturated heterocycles. The van der Waals surface area contributed by atoms with E-state index in [0.29, 0.717) is 13.0 Å². The Morgan fingerprint density at radius 1 is 1.30 bits per heavy atom. The van der Waals surface area contributed by atoms with Gasteiger partial charge in [0, 0.05) is 43.5 Å². The number of anilines is 2. The second-order valence-corrected chi connectivity index (χ2v) is 5.72. The Kier molecular flexibility index (Phi) is 8.69. The smallest absolute Gasteiger partial charge is 0.226 e. The average Bonchev–Trinajstić information content (AvgIpc) is 3.02. The highest BCUT2D eigenvalue weighted by Crippen LogP contribution is 2.23. The number of hydrogen-bond acceptors (Lipinski definition) is 4. The van der Waals surface area contributed by atoms with Gasteiger partial charge in [0.25, 0.3) is 0 Å². The fraction of sp³-hybridized carbons (Fsp3) is 0.562. The summed E-state index contributed by atoms with van der Waals surface area (Å²) in [7, 11) is 0. The van der Waals surface area contributed by atoms with Crippen molar-refractivity contribution in [1.82, 2.24) is 5.32 Å². The van der Waals surface area contributed by atoms with Gasteiger partial charge in [-0.15, -0.1) is 24.8 Å². The van der Waals surface area contributed by atoms with E-state index < -0.39 is 0 Å². The number of ether oxygens (including phenoxy) is 1. The van der Waals surface area contributed by atoms with Crippen LogP contribution in [-0.4, -0.2) is 44.8 Å². The molecule has 0 aromatic heterocycles. The maximum absolute atomic E-state index is 12.1. The standard InChI is InChI=1S/C16H23N3O2.2ClH/c20-16(11-14-12-21-9-6-17-14)18-13-4-3-5-15(10-13)19-7-1-2-8-19;;/h3-5,10,14,17H,1-2,6-9,11-12H2,(H,18,20);2*1H. The molecule has 2 aliphatic heterocycles. The molecule has 1 unspecified atom stereocenters. The van der Waals surface area contributed by atoms with Crippen LogP contribution in [0.4, 0.5) is 11.4 Å².